The second kappa shape index (κ2) is 4.45. The Balaban J connectivity index is 2.26. The van der Waals surface area contributed by atoms with Gasteiger partial charge < -0.3 is 9.84 Å². The first-order valence-electron chi connectivity index (χ1n) is 6.51. The first kappa shape index (κ1) is 12.6. The summed E-state index contributed by atoms with van der Waals surface area (Å²) in [5.74, 6) is 0.0732. The number of hydrogen-bond donors (Lipinski definition) is 1. The molecular formula is C14H22O3. The third-order valence-corrected chi connectivity index (χ3v) is 4.58. The molecule has 0 amide bonds. The van der Waals surface area contributed by atoms with Crippen molar-refractivity contribution in [2.45, 2.75) is 58.7 Å². The zero-order valence-corrected chi connectivity index (χ0v) is 10.9. The molecule has 0 aliphatic heterocycles. The predicted octanol–water partition coefficient (Wildman–Crippen LogP) is 2.44. The number of hydrogen-bond acceptors (Lipinski definition) is 3. The van der Waals surface area contributed by atoms with E-state index in [0.29, 0.717) is 0 Å². The number of carbonyl (C=O) groups excluding carboxylic acids is 1. The van der Waals surface area contributed by atoms with Crippen molar-refractivity contribution in [1.29, 1.82) is 0 Å². The fourth-order valence-corrected chi connectivity index (χ4v) is 3.86. The van der Waals surface area contributed by atoms with Crippen LogP contribution in [-0.2, 0) is 9.53 Å². The number of allylic oxidation sites excluding steroid dienone is 1. The lowest BCUT2D eigenvalue weighted by molar-refractivity contribution is -0.153. The third kappa shape index (κ3) is 2.01. The third-order valence-electron chi connectivity index (χ3n) is 4.58. The molecular weight excluding hydrogens is 216 g/mol. The van der Waals surface area contributed by atoms with Gasteiger partial charge in [0, 0.05) is 12.8 Å². The van der Waals surface area contributed by atoms with Gasteiger partial charge in [0.1, 0.15) is 6.10 Å². The molecule has 0 heterocycles. The Hall–Kier alpha value is -0.830. The lowest BCUT2D eigenvalue weighted by Gasteiger charge is -2.41. The summed E-state index contributed by atoms with van der Waals surface area (Å²) in [4.78, 5) is 11.1. The van der Waals surface area contributed by atoms with Crippen LogP contribution in [-0.4, -0.2) is 23.3 Å². The van der Waals surface area contributed by atoms with E-state index in [1.807, 2.05) is 13.0 Å². The van der Waals surface area contributed by atoms with Gasteiger partial charge in [-0.1, -0.05) is 13.0 Å². The van der Waals surface area contributed by atoms with Gasteiger partial charge in [0.2, 0.25) is 0 Å². The topological polar surface area (TPSA) is 46.5 Å². The van der Waals surface area contributed by atoms with E-state index in [1.165, 1.54) is 6.92 Å². The lowest BCUT2D eigenvalue weighted by Crippen LogP contribution is -2.39. The van der Waals surface area contributed by atoms with Crippen molar-refractivity contribution < 1.29 is 14.6 Å². The van der Waals surface area contributed by atoms with Crippen LogP contribution in [0.1, 0.15) is 46.5 Å². The molecule has 2 rings (SSSR count). The van der Waals surface area contributed by atoms with Crippen molar-refractivity contribution in [2.75, 3.05) is 0 Å². The summed E-state index contributed by atoms with van der Waals surface area (Å²) in [6.45, 7) is 5.66. The van der Waals surface area contributed by atoms with E-state index < -0.39 is 0 Å². The molecule has 17 heavy (non-hydrogen) atoms. The van der Waals surface area contributed by atoms with Crippen molar-refractivity contribution in [3.8, 4) is 0 Å². The van der Waals surface area contributed by atoms with Crippen LogP contribution in [0.4, 0.5) is 0 Å². The van der Waals surface area contributed by atoms with Crippen molar-refractivity contribution in [2.24, 2.45) is 11.3 Å². The van der Waals surface area contributed by atoms with Crippen LogP contribution in [0.3, 0.4) is 0 Å². The van der Waals surface area contributed by atoms with E-state index in [9.17, 15) is 9.90 Å². The zero-order valence-electron chi connectivity index (χ0n) is 10.9. The number of aliphatic hydroxyl groups is 1. The van der Waals surface area contributed by atoms with E-state index in [2.05, 4.69) is 6.92 Å². The number of carbonyl (C=O) groups is 1. The van der Waals surface area contributed by atoms with Gasteiger partial charge in [-0.3, -0.25) is 4.79 Å². The average molecular weight is 238 g/mol. The molecule has 2 fully saturated rings. The monoisotopic (exact) mass is 238 g/mol. The van der Waals surface area contributed by atoms with Gasteiger partial charge in [0.15, 0.2) is 0 Å². The molecule has 3 nitrogen and oxygen atoms in total. The molecule has 0 spiro atoms. The van der Waals surface area contributed by atoms with E-state index in [0.717, 1.165) is 31.3 Å². The molecule has 2 aliphatic rings. The van der Waals surface area contributed by atoms with E-state index in [1.54, 1.807) is 0 Å². The van der Waals surface area contributed by atoms with Crippen LogP contribution in [0.2, 0.25) is 0 Å². The Morgan fingerprint density at radius 1 is 1.59 bits per heavy atom. The quantitative estimate of drug-likeness (QED) is 0.564. The highest BCUT2D eigenvalue weighted by atomic mass is 16.5. The second-order valence-electron chi connectivity index (χ2n) is 5.56. The van der Waals surface area contributed by atoms with Gasteiger partial charge in [-0.05, 0) is 43.6 Å². The predicted molar refractivity (Wildman–Crippen MR) is 65.4 cm³/mol. The zero-order chi connectivity index (χ0) is 12.6. The fourth-order valence-electron chi connectivity index (χ4n) is 3.86. The minimum atomic E-state index is -0.355. The summed E-state index contributed by atoms with van der Waals surface area (Å²) in [5.41, 5.74) is 1.16. The van der Waals surface area contributed by atoms with Crippen molar-refractivity contribution in [1.82, 2.24) is 0 Å². The summed E-state index contributed by atoms with van der Waals surface area (Å²) in [5, 5.41) is 10.1. The Morgan fingerprint density at radius 3 is 2.88 bits per heavy atom. The van der Waals surface area contributed by atoms with E-state index in [4.69, 9.17) is 4.74 Å². The maximum atomic E-state index is 11.1. The van der Waals surface area contributed by atoms with Crippen LogP contribution >= 0.6 is 0 Å². The molecule has 2 saturated carbocycles. The van der Waals surface area contributed by atoms with Gasteiger partial charge in [0.25, 0.3) is 0 Å². The van der Waals surface area contributed by atoms with E-state index in [-0.39, 0.29) is 29.5 Å². The number of aliphatic hydroxyl groups excluding tert-OH is 1. The number of ether oxygens (including phenoxy) is 1. The van der Waals surface area contributed by atoms with Gasteiger partial charge in [-0.2, -0.15) is 0 Å². The highest BCUT2D eigenvalue weighted by Gasteiger charge is 2.52. The Bertz CT molecular complexity index is 347. The minimum absolute atomic E-state index is 0.0154. The SMILES string of the molecule is CC=C1[C@H](O)CC2[C@@H](OC(C)=O)CCC[C@]12C. The van der Waals surface area contributed by atoms with Crippen LogP contribution < -0.4 is 0 Å². The Kier molecular flexibility index (Phi) is 3.30. The summed E-state index contributed by atoms with van der Waals surface area (Å²) in [6.07, 6.45) is 5.49. The maximum Gasteiger partial charge on any atom is 0.302 e. The van der Waals surface area contributed by atoms with Gasteiger partial charge in [0.05, 0.1) is 6.10 Å². The molecule has 0 saturated heterocycles. The van der Waals surface area contributed by atoms with E-state index >= 15 is 0 Å². The lowest BCUT2D eigenvalue weighted by atomic mass is 9.66. The number of esters is 1. The standard InChI is InChI=1S/C14H22O3/c1-4-10-12(16)8-11-13(17-9(2)15)6-5-7-14(10,11)3/h4,11-13,16H,5-8H2,1-3H3/t11?,12-,13+,14-/m1/s1. The molecule has 1 unspecified atom stereocenters. The first-order valence-corrected chi connectivity index (χ1v) is 6.51. The molecule has 1 N–H and O–H groups in total. The normalized spacial score (nSPS) is 43.5. The van der Waals surface area contributed by atoms with Crippen molar-refractivity contribution >= 4 is 5.97 Å². The summed E-state index contributed by atoms with van der Waals surface area (Å²) in [6, 6.07) is 0. The molecule has 96 valence electrons. The summed E-state index contributed by atoms with van der Waals surface area (Å²) in [7, 11) is 0. The maximum absolute atomic E-state index is 11.1. The van der Waals surface area contributed by atoms with Gasteiger partial charge in [-0.15, -0.1) is 0 Å². The Morgan fingerprint density at radius 2 is 2.29 bits per heavy atom. The number of fused-ring (bicyclic) bond motifs is 1. The summed E-state index contributed by atoms with van der Waals surface area (Å²) < 4.78 is 5.43. The van der Waals surface area contributed by atoms with Crippen molar-refractivity contribution in [3.63, 3.8) is 0 Å². The highest BCUT2D eigenvalue weighted by Crippen LogP contribution is 2.55. The van der Waals surface area contributed by atoms with Gasteiger partial charge >= 0.3 is 5.97 Å². The number of rotatable bonds is 1. The first-order chi connectivity index (χ1) is 7.99. The van der Waals surface area contributed by atoms with Crippen LogP contribution in [0, 0.1) is 11.3 Å². The molecule has 0 bridgehead atoms. The molecule has 0 radical (unpaired) electrons. The molecule has 0 aromatic carbocycles. The van der Waals surface area contributed by atoms with Crippen LogP contribution in [0.15, 0.2) is 11.6 Å². The molecule has 3 heteroatoms. The fraction of sp³-hybridized carbons (Fsp3) is 0.786. The second-order valence-corrected chi connectivity index (χ2v) is 5.56. The molecule has 2 aliphatic carbocycles. The molecule has 0 aromatic rings. The average Bonchev–Trinajstić information content (AvgIpc) is 2.49. The summed E-state index contributed by atoms with van der Waals surface area (Å²) >= 11 is 0. The smallest absolute Gasteiger partial charge is 0.302 e. The van der Waals surface area contributed by atoms with Crippen LogP contribution in [0.25, 0.3) is 0 Å². The minimum Gasteiger partial charge on any atom is -0.462 e. The Labute approximate surface area is 103 Å². The van der Waals surface area contributed by atoms with Crippen molar-refractivity contribution in [3.05, 3.63) is 11.6 Å². The highest BCUT2D eigenvalue weighted by molar-refractivity contribution is 5.66. The molecule has 4 atom stereocenters. The van der Waals surface area contributed by atoms with Gasteiger partial charge in [-0.25, -0.2) is 0 Å². The largest absolute Gasteiger partial charge is 0.462 e. The molecule has 0 aromatic heterocycles. The van der Waals surface area contributed by atoms with Crippen LogP contribution in [0.5, 0.6) is 0 Å².